The van der Waals surface area contributed by atoms with E-state index in [1.807, 2.05) is 24.3 Å². The van der Waals surface area contributed by atoms with Crippen LogP contribution in [0.2, 0.25) is 0 Å². The SMILES string of the molecule is O=C(NCc1ccc(Br)cc1)C1CCCN(c2ccc(C3CC3)nn2)C1. The molecule has 6 heteroatoms. The van der Waals surface area contributed by atoms with E-state index in [1.165, 1.54) is 12.8 Å². The molecule has 0 bridgehead atoms. The van der Waals surface area contributed by atoms with Crippen LogP contribution in [0, 0.1) is 5.92 Å². The van der Waals surface area contributed by atoms with E-state index in [1.54, 1.807) is 0 Å². The molecule has 2 aliphatic rings. The maximum atomic E-state index is 12.6. The largest absolute Gasteiger partial charge is 0.354 e. The van der Waals surface area contributed by atoms with Gasteiger partial charge in [0.2, 0.25) is 5.91 Å². The first-order valence-electron chi connectivity index (χ1n) is 9.30. The first kappa shape index (κ1) is 17.5. The Morgan fingerprint density at radius 2 is 1.92 bits per heavy atom. The van der Waals surface area contributed by atoms with Crippen molar-refractivity contribution in [3.8, 4) is 0 Å². The quantitative estimate of drug-likeness (QED) is 0.810. The molecular weight excluding hydrogens is 392 g/mol. The summed E-state index contributed by atoms with van der Waals surface area (Å²) in [6.07, 6.45) is 4.40. The molecule has 1 amide bonds. The Hall–Kier alpha value is -1.95. The van der Waals surface area contributed by atoms with Gasteiger partial charge in [0.25, 0.3) is 0 Å². The Balaban J connectivity index is 1.33. The van der Waals surface area contributed by atoms with Crippen molar-refractivity contribution in [1.29, 1.82) is 0 Å². The van der Waals surface area contributed by atoms with Crippen molar-refractivity contribution >= 4 is 27.7 Å². The second kappa shape index (κ2) is 7.74. The summed E-state index contributed by atoms with van der Waals surface area (Å²) in [7, 11) is 0. The Morgan fingerprint density at radius 1 is 1.12 bits per heavy atom. The summed E-state index contributed by atoms with van der Waals surface area (Å²) in [5.74, 6) is 1.64. The van der Waals surface area contributed by atoms with E-state index in [2.05, 4.69) is 48.5 Å². The first-order chi connectivity index (χ1) is 12.7. The van der Waals surface area contributed by atoms with E-state index >= 15 is 0 Å². The Labute approximate surface area is 162 Å². The van der Waals surface area contributed by atoms with Gasteiger partial charge in [-0.3, -0.25) is 4.79 Å². The standard InChI is InChI=1S/C20H23BrN4O/c21-17-7-3-14(4-8-17)12-22-20(26)16-2-1-11-25(13-16)19-10-9-18(23-24-19)15-5-6-15/h3-4,7-10,15-16H,1-2,5-6,11-13H2,(H,22,26). The zero-order chi connectivity index (χ0) is 17.9. The van der Waals surface area contributed by atoms with Gasteiger partial charge < -0.3 is 10.2 Å². The lowest BCUT2D eigenvalue weighted by Crippen LogP contribution is -2.43. The molecule has 1 saturated carbocycles. The minimum atomic E-state index is 0.00380. The highest BCUT2D eigenvalue weighted by atomic mass is 79.9. The fourth-order valence-electron chi connectivity index (χ4n) is 3.44. The number of aromatic nitrogens is 2. The number of piperidine rings is 1. The number of anilines is 1. The zero-order valence-corrected chi connectivity index (χ0v) is 16.3. The second-order valence-corrected chi connectivity index (χ2v) is 8.14. The molecular formula is C20H23BrN4O. The minimum Gasteiger partial charge on any atom is -0.354 e. The second-order valence-electron chi connectivity index (χ2n) is 7.22. The summed E-state index contributed by atoms with van der Waals surface area (Å²) in [4.78, 5) is 14.8. The summed E-state index contributed by atoms with van der Waals surface area (Å²) < 4.78 is 1.05. The lowest BCUT2D eigenvalue weighted by Gasteiger charge is -2.32. The van der Waals surface area contributed by atoms with Gasteiger partial charge >= 0.3 is 0 Å². The average molecular weight is 415 g/mol. The van der Waals surface area contributed by atoms with Crippen molar-refractivity contribution in [2.24, 2.45) is 5.92 Å². The van der Waals surface area contributed by atoms with Crippen molar-refractivity contribution in [1.82, 2.24) is 15.5 Å². The number of carbonyl (C=O) groups excluding carboxylic acids is 1. The number of hydrogen-bond acceptors (Lipinski definition) is 4. The summed E-state index contributed by atoms with van der Waals surface area (Å²) in [5, 5.41) is 11.8. The third kappa shape index (κ3) is 4.23. The van der Waals surface area contributed by atoms with Crippen molar-refractivity contribution in [2.45, 2.75) is 38.1 Å². The molecule has 2 heterocycles. The van der Waals surface area contributed by atoms with Crippen LogP contribution in [0.4, 0.5) is 5.82 Å². The molecule has 1 aliphatic carbocycles. The normalized spacial score (nSPS) is 20.0. The highest BCUT2D eigenvalue weighted by molar-refractivity contribution is 9.10. The van der Waals surface area contributed by atoms with Crippen molar-refractivity contribution < 1.29 is 4.79 Å². The van der Waals surface area contributed by atoms with E-state index < -0.39 is 0 Å². The number of halogens is 1. The minimum absolute atomic E-state index is 0.00380. The van der Waals surface area contributed by atoms with Crippen molar-refractivity contribution in [3.63, 3.8) is 0 Å². The van der Waals surface area contributed by atoms with Crippen LogP contribution in [0.1, 0.15) is 42.9 Å². The summed E-state index contributed by atoms with van der Waals surface area (Å²) >= 11 is 3.43. The van der Waals surface area contributed by atoms with Gasteiger partial charge in [-0.15, -0.1) is 5.10 Å². The maximum Gasteiger partial charge on any atom is 0.225 e. The molecule has 1 aromatic carbocycles. The van der Waals surface area contributed by atoms with E-state index in [-0.39, 0.29) is 11.8 Å². The number of carbonyl (C=O) groups is 1. The number of benzene rings is 1. The van der Waals surface area contributed by atoms with Crippen LogP contribution in [0.15, 0.2) is 40.9 Å². The van der Waals surface area contributed by atoms with Crippen LogP contribution in [0.5, 0.6) is 0 Å². The van der Waals surface area contributed by atoms with Crippen LogP contribution >= 0.6 is 15.9 Å². The number of nitrogens with one attached hydrogen (secondary N) is 1. The molecule has 26 heavy (non-hydrogen) atoms. The maximum absolute atomic E-state index is 12.6. The molecule has 1 atom stereocenters. The van der Waals surface area contributed by atoms with Gasteiger partial charge in [-0.2, -0.15) is 5.10 Å². The van der Waals surface area contributed by atoms with Crippen LogP contribution in [-0.2, 0) is 11.3 Å². The topological polar surface area (TPSA) is 58.1 Å². The molecule has 1 unspecified atom stereocenters. The molecule has 0 radical (unpaired) electrons. The molecule has 136 valence electrons. The third-order valence-electron chi connectivity index (χ3n) is 5.16. The summed E-state index contributed by atoms with van der Waals surface area (Å²) in [6, 6.07) is 12.2. The Bertz CT molecular complexity index is 758. The number of nitrogens with zero attached hydrogens (tertiary/aromatic N) is 3. The first-order valence-corrected chi connectivity index (χ1v) is 10.1. The predicted octanol–water partition coefficient (Wildman–Crippen LogP) is 3.65. The van der Waals surface area contributed by atoms with Crippen LogP contribution in [0.25, 0.3) is 0 Å². The molecule has 2 aromatic rings. The molecule has 5 nitrogen and oxygen atoms in total. The molecule has 1 aromatic heterocycles. The van der Waals surface area contributed by atoms with Gasteiger partial charge in [0.05, 0.1) is 11.6 Å². The fraction of sp³-hybridized carbons (Fsp3) is 0.450. The smallest absolute Gasteiger partial charge is 0.225 e. The van der Waals surface area contributed by atoms with Crippen LogP contribution < -0.4 is 10.2 Å². The lowest BCUT2D eigenvalue weighted by atomic mass is 9.97. The molecule has 0 spiro atoms. The van der Waals surface area contributed by atoms with Crippen molar-refractivity contribution in [3.05, 3.63) is 52.1 Å². The van der Waals surface area contributed by atoms with Gasteiger partial charge in [-0.25, -0.2) is 0 Å². The molecule has 2 fully saturated rings. The highest BCUT2D eigenvalue weighted by Crippen LogP contribution is 2.38. The molecule has 1 aliphatic heterocycles. The van der Waals surface area contributed by atoms with Crippen LogP contribution in [0.3, 0.4) is 0 Å². The van der Waals surface area contributed by atoms with Gasteiger partial charge in [-0.05, 0) is 55.5 Å². The lowest BCUT2D eigenvalue weighted by molar-refractivity contribution is -0.125. The van der Waals surface area contributed by atoms with E-state index in [0.29, 0.717) is 19.0 Å². The number of amides is 1. The zero-order valence-electron chi connectivity index (χ0n) is 14.7. The summed E-state index contributed by atoms with van der Waals surface area (Å²) in [5.41, 5.74) is 2.21. The van der Waals surface area contributed by atoms with Gasteiger partial charge in [-0.1, -0.05) is 28.1 Å². The van der Waals surface area contributed by atoms with Crippen LogP contribution in [-0.4, -0.2) is 29.2 Å². The summed E-state index contributed by atoms with van der Waals surface area (Å²) in [6.45, 7) is 2.22. The third-order valence-corrected chi connectivity index (χ3v) is 5.69. The molecule has 1 saturated heterocycles. The average Bonchev–Trinajstić information content (AvgIpc) is 3.53. The molecule has 4 rings (SSSR count). The Morgan fingerprint density at radius 3 is 2.62 bits per heavy atom. The predicted molar refractivity (Wildman–Crippen MR) is 105 cm³/mol. The monoisotopic (exact) mass is 414 g/mol. The fourth-order valence-corrected chi connectivity index (χ4v) is 3.70. The van der Waals surface area contributed by atoms with Gasteiger partial charge in [0.15, 0.2) is 5.82 Å². The molecule has 1 N–H and O–H groups in total. The van der Waals surface area contributed by atoms with E-state index in [0.717, 1.165) is 40.9 Å². The number of rotatable bonds is 5. The number of hydrogen-bond donors (Lipinski definition) is 1. The van der Waals surface area contributed by atoms with E-state index in [4.69, 9.17) is 0 Å². The Kier molecular flexibility index (Phi) is 5.20. The van der Waals surface area contributed by atoms with Gasteiger partial charge in [0, 0.05) is 30.0 Å². The van der Waals surface area contributed by atoms with Gasteiger partial charge in [0.1, 0.15) is 0 Å². The highest BCUT2D eigenvalue weighted by Gasteiger charge is 2.28. The van der Waals surface area contributed by atoms with E-state index in [9.17, 15) is 4.79 Å². The van der Waals surface area contributed by atoms with Crippen molar-refractivity contribution in [2.75, 3.05) is 18.0 Å².